The lowest BCUT2D eigenvalue weighted by Gasteiger charge is -2.32. The van der Waals surface area contributed by atoms with Gasteiger partial charge in [-0.3, -0.25) is 4.79 Å². The number of aromatic nitrogens is 1. The molecule has 2 heterocycles. The first-order valence-corrected chi connectivity index (χ1v) is 7.36. The number of carbonyl (C=O) groups is 2. The Labute approximate surface area is 133 Å². The van der Waals surface area contributed by atoms with E-state index in [1.54, 1.807) is 6.07 Å². The van der Waals surface area contributed by atoms with E-state index in [1.165, 1.54) is 17.0 Å². The van der Waals surface area contributed by atoms with Crippen molar-refractivity contribution in [3.63, 3.8) is 0 Å². The molecule has 6 nitrogen and oxygen atoms in total. The number of hydrogen-bond donors (Lipinski definition) is 2. The number of rotatable bonds is 2. The van der Waals surface area contributed by atoms with Crippen molar-refractivity contribution in [3.05, 3.63) is 34.2 Å². The molecule has 0 bridgehead atoms. The van der Waals surface area contributed by atoms with Crippen LogP contribution in [-0.2, 0) is 9.53 Å². The summed E-state index contributed by atoms with van der Waals surface area (Å²) >= 11 is 3.19. The molecular formula is C14H12BrFN2O4. The zero-order valence-electron chi connectivity index (χ0n) is 11.3. The Morgan fingerprint density at radius 3 is 2.91 bits per heavy atom. The van der Waals surface area contributed by atoms with Gasteiger partial charge in [0.25, 0.3) is 5.91 Å². The van der Waals surface area contributed by atoms with Crippen molar-refractivity contribution < 1.29 is 23.8 Å². The summed E-state index contributed by atoms with van der Waals surface area (Å²) in [7, 11) is 0. The minimum absolute atomic E-state index is 0.0544. The van der Waals surface area contributed by atoms with Gasteiger partial charge in [-0.2, -0.15) is 0 Å². The maximum absolute atomic E-state index is 13.9. The Morgan fingerprint density at radius 1 is 1.41 bits per heavy atom. The molecule has 1 atom stereocenters. The lowest BCUT2D eigenvalue weighted by molar-refractivity contribution is -0.147. The van der Waals surface area contributed by atoms with Crippen LogP contribution < -0.4 is 0 Å². The van der Waals surface area contributed by atoms with E-state index in [0.29, 0.717) is 9.99 Å². The summed E-state index contributed by atoms with van der Waals surface area (Å²) in [6.07, 6.45) is 0. The largest absolute Gasteiger partial charge is 0.480 e. The van der Waals surface area contributed by atoms with Crippen LogP contribution in [0.2, 0.25) is 0 Å². The summed E-state index contributed by atoms with van der Waals surface area (Å²) in [4.78, 5) is 27.8. The monoisotopic (exact) mass is 370 g/mol. The number of aliphatic carboxylic acids is 1. The van der Waals surface area contributed by atoms with Crippen LogP contribution in [0.25, 0.3) is 10.9 Å². The number of H-pyrrole nitrogens is 1. The van der Waals surface area contributed by atoms with Crippen LogP contribution in [0.1, 0.15) is 10.5 Å². The molecule has 0 unspecified atom stereocenters. The highest BCUT2D eigenvalue weighted by atomic mass is 79.9. The van der Waals surface area contributed by atoms with Crippen LogP contribution in [0.15, 0.2) is 22.7 Å². The van der Waals surface area contributed by atoms with Crippen molar-refractivity contribution in [1.29, 1.82) is 0 Å². The van der Waals surface area contributed by atoms with Crippen LogP contribution in [0.5, 0.6) is 0 Å². The number of morpholine rings is 1. The Balaban J connectivity index is 1.97. The SMILES string of the molecule is O=C(O)[C@@H]1COCCN1C(=O)c1cc2c(F)cc(Br)cc2[nH]1. The Hall–Kier alpha value is -1.93. The van der Waals surface area contributed by atoms with Crippen molar-refractivity contribution in [2.45, 2.75) is 6.04 Å². The Kier molecular flexibility index (Phi) is 3.88. The average molecular weight is 371 g/mol. The van der Waals surface area contributed by atoms with Crippen LogP contribution in [0.4, 0.5) is 4.39 Å². The molecule has 0 spiro atoms. The van der Waals surface area contributed by atoms with Crippen LogP contribution in [0, 0.1) is 5.82 Å². The van der Waals surface area contributed by atoms with Crippen molar-refractivity contribution >= 4 is 38.7 Å². The highest BCUT2D eigenvalue weighted by Gasteiger charge is 2.34. The van der Waals surface area contributed by atoms with Gasteiger partial charge in [-0.25, -0.2) is 9.18 Å². The van der Waals surface area contributed by atoms with Gasteiger partial charge < -0.3 is 19.7 Å². The molecule has 1 aromatic heterocycles. The molecule has 2 N–H and O–H groups in total. The molecule has 2 aromatic rings. The number of hydrogen-bond acceptors (Lipinski definition) is 3. The summed E-state index contributed by atoms with van der Waals surface area (Å²) in [5, 5.41) is 9.46. The van der Waals surface area contributed by atoms with Gasteiger partial charge in [-0.15, -0.1) is 0 Å². The fourth-order valence-electron chi connectivity index (χ4n) is 2.48. The quantitative estimate of drug-likeness (QED) is 0.846. The third-order valence-corrected chi connectivity index (χ3v) is 4.01. The van der Waals surface area contributed by atoms with Crippen molar-refractivity contribution in [2.24, 2.45) is 0 Å². The first-order valence-electron chi connectivity index (χ1n) is 6.56. The highest BCUT2D eigenvalue weighted by molar-refractivity contribution is 9.10. The Bertz CT molecular complexity index is 761. The van der Waals surface area contributed by atoms with E-state index in [2.05, 4.69) is 20.9 Å². The molecule has 1 amide bonds. The number of amides is 1. The van der Waals surface area contributed by atoms with Crippen molar-refractivity contribution in [3.8, 4) is 0 Å². The molecule has 22 heavy (non-hydrogen) atoms. The van der Waals surface area contributed by atoms with Gasteiger partial charge in [0.2, 0.25) is 0 Å². The highest BCUT2D eigenvalue weighted by Crippen LogP contribution is 2.25. The normalized spacial score (nSPS) is 18.6. The predicted octanol–water partition coefficient (Wildman–Crippen LogP) is 2.00. The minimum Gasteiger partial charge on any atom is -0.480 e. The number of carbonyl (C=O) groups excluding carboxylic acids is 1. The number of nitrogens with zero attached hydrogens (tertiary/aromatic N) is 1. The van der Waals surface area contributed by atoms with Gasteiger partial charge in [-0.1, -0.05) is 15.9 Å². The zero-order valence-corrected chi connectivity index (χ0v) is 12.9. The van der Waals surface area contributed by atoms with Gasteiger partial charge in [0.05, 0.1) is 18.7 Å². The van der Waals surface area contributed by atoms with Crippen LogP contribution in [-0.4, -0.2) is 52.7 Å². The third-order valence-electron chi connectivity index (χ3n) is 3.56. The van der Waals surface area contributed by atoms with Crippen LogP contribution >= 0.6 is 15.9 Å². The predicted molar refractivity (Wildman–Crippen MR) is 79.2 cm³/mol. The van der Waals surface area contributed by atoms with Gasteiger partial charge in [0.1, 0.15) is 11.5 Å². The number of benzene rings is 1. The minimum atomic E-state index is -1.13. The summed E-state index contributed by atoms with van der Waals surface area (Å²) < 4.78 is 19.5. The van der Waals surface area contributed by atoms with E-state index >= 15 is 0 Å². The Morgan fingerprint density at radius 2 is 2.18 bits per heavy atom. The number of halogens is 2. The average Bonchev–Trinajstić information content (AvgIpc) is 2.90. The van der Waals surface area contributed by atoms with E-state index < -0.39 is 23.7 Å². The molecule has 1 aromatic carbocycles. The molecule has 1 saturated heterocycles. The molecule has 0 radical (unpaired) electrons. The molecule has 1 aliphatic rings. The lowest BCUT2D eigenvalue weighted by atomic mass is 10.2. The van der Waals surface area contributed by atoms with E-state index in [-0.39, 0.29) is 30.8 Å². The van der Waals surface area contributed by atoms with E-state index in [9.17, 15) is 19.1 Å². The number of carboxylic acid groups (broad SMARTS) is 1. The second kappa shape index (κ2) is 5.69. The maximum atomic E-state index is 13.9. The molecule has 116 valence electrons. The molecule has 3 rings (SSSR count). The van der Waals surface area contributed by atoms with Crippen molar-refractivity contribution in [2.75, 3.05) is 19.8 Å². The maximum Gasteiger partial charge on any atom is 0.328 e. The molecule has 1 fully saturated rings. The van der Waals surface area contributed by atoms with Gasteiger partial charge >= 0.3 is 5.97 Å². The fourth-order valence-corrected chi connectivity index (χ4v) is 2.91. The van der Waals surface area contributed by atoms with E-state index in [4.69, 9.17) is 4.74 Å². The number of nitrogens with one attached hydrogen (secondary N) is 1. The van der Waals surface area contributed by atoms with E-state index in [0.717, 1.165) is 0 Å². The molecule has 0 aliphatic carbocycles. The first kappa shape index (κ1) is 15.0. The molecule has 8 heteroatoms. The second-order valence-electron chi connectivity index (χ2n) is 4.96. The number of aromatic amines is 1. The summed E-state index contributed by atoms with van der Waals surface area (Å²) in [6.45, 7) is 0.397. The summed E-state index contributed by atoms with van der Waals surface area (Å²) in [5.41, 5.74) is 0.621. The molecular weight excluding hydrogens is 359 g/mol. The van der Waals surface area contributed by atoms with Gasteiger partial charge in [0, 0.05) is 16.4 Å². The van der Waals surface area contributed by atoms with Gasteiger partial charge in [-0.05, 0) is 18.2 Å². The molecule has 1 aliphatic heterocycles. The topological polar surface area (TPSA) is 82.6 Å². The lowest BCUT2D eigenvalue weighted by Crippen LogP contribution is -2.52. The van der Waals surface area contributed by atoms with E-state index in [1.807, 2.05) is 0 Å². The zero-order chi connectivity index (χ0) is 15.9. The van der Waals surface area contributed by atoms with Gasteiger partial charge in [0.15, 0.2) is 6.04 Å². The smallest absolute Gasteiger partial charge is 0.328 e. The molecule has 0 saturated carbocycles. The third kappa shape index (κ3) is 2.59. The fraction of sp³-hybridized carbons (Fsp3) is 0.286. The standard InChI is InChI=1S/C14H12BrFN2O4/c15-7-3-9(16)8-5-11(17-10(8)4-7)13(19)18-1-2-22-6-12(18)14(20)21/h3-5,12,17H,1-2,6H2,(H,20,21)/t12-/m0/s1. The second-order valence-corrected chi connectivity index (χ2v) is 5.88. The number of carboxylic acids is 1. The summed E-state index contributed by atoms with van der Waals surface area (Å²) in [5.74, 6) is -2.07. The van der Waals surface area contributed by atoms with Crippen molar-refractivity contribution in [1.82, 2.24) is 9.88 Å². The number of fused-ring (bicyclic) bond motifs is 1. The summed E-state index contributed by atoms with van der Waals surface area (Å²) in [6, 6.07) is 3.32. The number of ether oxygens (including phenoxy) is 1. The van der Waals surface area contributed by atoms with Crippen LogP contribution in [0.3, 0.4) is 0 Å². The first-order chi connectivity index (χ1) is 10.5.